The van der Waals surface area contributed by atoms with Crippen molar-refractivity contribution in [3.05, 3.63) is 93.3 Å². The molecule has 0 aliphatic heterocycles. The Morgan fingerprint density at radius 1 is 0.705 bits per heavy atom. The van der Waals surface area contributed by atoms with Crippen LogP contribution in [0.15, 0.2) is 45.2 Å². The molecule has 5 rings (SSSR count). The van der Waals surface area contributed by atoms with E-state index >= 15 is 0 Å². The lowest BCUT2D eigenvalue weighted by Crippen LogP contribution is -2.06. The van der Waals surface area contributed by atoms with Crippen molar-refractivity contribution in [2.75, 3.05) is 0 Å². The number of aryl methyl sites for hydroxylation is 2. The zero-order valence-corrected chi connectivity index (χ0v) is 22.4. The SMILES string of the molecule is [C-]#[N+]C([N+]#[C-])c1nc2c(-c3cc(C)cc(C(F)(F)F)c3)c3oc(C(C#N)C#N)nc3c(-c3cc(C)cc(C(F)(F)F)c3)c2o1. The summed E-state index contributed by atoms with van der Waals surface area (Å²) in [5, 5.41) is 19.0. The summed E-state index contributed by atoms with van der Waals surface area (Å²) >= 11 is 0. The van der Waals surface area contributed by atoms with Crippen molar-refractivity contribution in [2.24, 2.45) is 0 Å². The molecule has 2 heterocycles. The number of alkyl halides is 6. The van der Waals surface area contributed by atoms with Gasteiger partial charge in [-0.05, 0) is 60.4 Å². The molecule has 14 heteroatoms. The summed E-state index contributed by atoms with van der Waals surface area (Å²) in [6.07, 6.45) is -11.2. The normalized spacial score (nSPS) is 12.0. The van der Waals surface area contributed by atoms with Gasteiger partial charge in [-0.25, -0.2) is 27.8 Å². The Bertz CT molecular complexity index is 1910. The second-order valence-corrected chi connectivity index (χ2v) is 9.70. The van der Waals surface area contributed by atoms with Gasteiger partial charge in [0, 0.05) is 0 Å². The van der Waals surface area contributed by atoms with E-state index in [4.69, 9.17) is 22.0 Å². The lowest BCUT2D eigenvalue weighted by molar-refractivity contribution is -0.138. The minimum Gasteiger partial charge on any atom is -0.437 e. The third-order valence-electron chi connectivity index (χ3n) is 6.57. The van der Waals surface area contributed by atoms with E-state index in [0.29, 0.717) is 0 Å². The molecule has 0 bridgehead atoms. The molecule has 0 radical (unpaired) electrons. The topological polar surface area (TPSA) is 108 Å². The molecule has 0 unspecified atom stereocenters. The van der Waals surface area contributed by atoms with Crippen molar-refractivity contribution in [1.82, 2.24) is 9.97 Å². The number of benzene rings is 3. The van der Waals surface area contributed by atoms with Crippen LogP contribution in [-0.2, 0) is 12.4 Å². The van der Waals surface area contributed by atoms with Crippen LogP contribution in [-0.4, -0.2) is 9.97 Å². The highest BCUT2D eigenvalue weighted by Gasteiger charge is 2.36. The van der Waals surface area contributed by atoms with Gasteiger partial charge < -0.3 is 8.83 Å². The Balaban J connectivity index is 2.03. The summed E-state index contributed by atoms with van der Waals surface area (Å²) in [4.78, 5) is 14.8. The molecule has 44 heavy (non-hydrogen) atoms. The molecule has 0 N–H and O–H groups in total. The van der Waals surface area contributed by atoms with Gasteiger partial charge in [0.2, 0.25) is 11.8 Å². The number of halogens is 6. The Morgan fingerprint density at radius 3 is 1.50 bits per heavy atom. The van der Waals surface area contributed by atoms with Crippen LogP contribution >= 0.6 is 0 Å². The van der Waals surface area contributed by atoms with E-state index < -0.39 is 47.3 Å². The largest absolute Gasteiger partial charge is 0.553 e. The maximum atomic E-state index is 13.9. The Morgan fingerprint density at radius 2 is 1.11 bits per heavy atom. The zero-order chi connectivity index (χ0) is 32.1. The summed E-state index contributed by atoms with van der Waals surface area (Å²) in [5.74, 6) is -2.51. The summed E-state index contributed by atoms with van der Waals surface area (Å²) in [7, 11) is 0. The molecular weight excluding hydrogens is 590 g/mol. The standard InChI is InChI=1S/C30H14F6N6O2/c1-13-5-15(9-18(7-13)29(31,32)33)20-22-24(43-27(41-22)17(11-37)12-38)21(16-6-14(2)8-19(10-16)30(34,35)36)23-25(20)44-28(42-23)26(39-3)40-4/h5-10,17,26H,1-2H3. The molecule has 0 atom stereocenters. The molecule has 8 nitrogen and oxygen atoms in total. The highest BCUT2D eigenvalue weighted by Crippen LogP contribution is 2.47. The lowest BCUT2D eigenvalue weighted by atomic mass is 9.93. The average Bonchev–Trinajstić information content (AvgIpc) is 3.56. The fraction of sp³-hybridized carbons (Fsp3) is 0.200. The van der Waals surface area contributed by atoms with E-state index in [1.807, 2.05) is 0 Å². The van der Waals surface area contributed by atoms with Crippen LogP contribution in [0.5, 0.6) is 0 Å². The van der Waals surface area contributed by atoms with Gasteiger partial charge in [0.15, 0.2) is 11.2 Å². The first-order chi connectivity index (χ1) is 20.7. The number of fused-ring (bicyclic) bond motifs is 2. The van der Waals surface area contributed by atoms with Crippen LogP contribution < -0.4 is 0 Å². The Kier molecular flexibility index (Phi) is 7.03. The van der Waals surface area contributed by atoms with Crippen molar-refractivity contribution in [3.8, 4) is 34.4 Å². The number of nitriles is 2. The molecule has 0 fully saturated rings. The number of rotatable bonds is 4. The number of nitrogens with zero attached hydrogens (tertiary/aromatic N) is 6. The first-order valence-electron chi connectivity index (χ1n) is 12.4. The van der Waals surface area contributed by atoms with Gasteiger partial charge in [-0.3, -0.25) is 0 Å². The van der Waals surface area contributed by atoms with Crippen molar-refractivity contribution < 1.29 is 35.2 Å². The lowest BCUT2D eigenvalue weighted by Gasteiger charge is -2.14. The first-order valence-corrected chi connectivity index (χ1v) is 12.4. The van der Waals surface area contributed by atoms with Gasteiger partial charge in [0.25, 0.3) is 0 Å². The van der Waals surface area contributed by atoms with Crippen LogP contribution in [0.3, 0.4) is 0 Å². The van der Waals surface area contributed by atoms with Crippen LogP contribution in [0.2, 0.25) is 0 Å². The maximum Gasteiger partial charge on any atom is 0.553 e. The molecule has 0 saturated heterocycles. The van der Waals surface area contributed by atoms with Gasteiger partial charge in [-0.2, -0.15) is 41.9 Å². The van der Waals surface area contributed by atoms with Crippen LogP contribution in [0.25, 0.3) is 54.1 Å². The molecule has 0 amide bonds. The molecule has 0 spiro atoms. The molecule has 0 aliphatic rings. The van der Waals surface area contributed by atoms with Crippen molar-refractivity contribution in [2.45, 2.75) is 38.3 Å². The highest BCUT2D eigenvalue weighted by molar-refractivity contribution is 6.16. The smallest absolute Gasteiger partial charge is 0.437 e. The number of hydrogen-bond acceptors (Lipinski definition) is 6. The monoisotopic (exact) mass is 604 g/mol. The Labute approximate surface area is 244 Å². The van der Waals surface area contributed by atoms with E-state index in [0.717, 1.165) is 24.3 Å². The third-order valence-corrected chi connectivity index (χ3v) is 6.57. The molecular formula is C30H14F6N6O2. The summed E-state index contributed by atoms with van der Waals surface area (Å²) < 4.78 is 94.8. The summed E-state index contributed by atoms with van der Waals surface area (Å²) in [6, 6.07) is 9.45. The predicted molar refractivity (Wildman–Crippen MR) is 142 cm³/mol. The van der Waals surface area contributed by atoms with Gasteiger partial charge in [0.1, 0.15) is 11.0 Å². The molecule has 0 saturated carbocycles. The number of oxazole rings is 2. The minimum atomic E-state index is -4.78. The average molecular weight is 604 g/mol. The number of hydrogen-bond donors (Lipinski definition) is 0. The third kappa shape index (κ3) is 5.04. The summed E-state index contributed by atoms with van der Waals surface area (Å²) in [5.41, 5.74) is -3.35. The molecule has 5 aromatic rings. The van der Waals surface area contributed by atoms with Gasteiger partial charge >= 0.3 is 24.4 Å². The van der Waals surface area contributed by atoms with E-state index in [-0.39, 0.29) is 55.6 Å². The van der Waals surface area contributed by atoms with Crippen molar-refractivity contribution in [1.29, 1.82) is 10.5 Å². The predicted octanol–water partition coefficient (Wildman–Crippen LogP) is 8.93. The molecule has 0 aliphatic carbocycles. The second-order valence-electron chi connectivity index (χ2n) is 9.70. The van der Waals surface area contributed by atoms with Gasteiger partial charge in [-0.1, -0.05) is 12.1 Å². The van der Waals surface area contributed by atoms with E-state index in [2.05, 4.69) is 19.7 Å². The maximum absolute atomic E-state index is 13.9. The fourth-order valence-electron chi connectivity index (χ4n) is 4.80. The summed E-state index contributed by atoms with van der Waals surface area (Å²) in [6.45, 7) is 17.5. The van der Waals surface area contributed by atoms with Gasteiger partial charge in [-0.15, -0.1) is 0 Å². The van der Waals surface area contributed by atoms with Crippen LogP contribution in [0.4, 0.5) is 26.3 Å². The molecule has 2 aromatic heterocycles. The quantitative estimate of drug-likeness (QED) is 0.150. The fourth-order valence-corrected chi connectivity index (χ4v) is 4.80. The van der Waals surface area contributed by atoms with Gasteiger partial charge in [0.05, 0.1) is 34.4 Å². The van der Waals surface area contributed by atoms with Crippen molar-refractivity contribution >= 4 is 22.2 Å². The van der Waals surface area contributed by atoms with Crippen molar-refractivity contribution in [3.63, 3.8) is 0 Å². The molecule has 3 aromatic carbocycles. The highest BCUT2D eigenvalue weighted by atomic mass is 19.4. The van der Waals surface area contributed by atoms with Crippen LogP contribution in [0.1, 0.15) is 46.1 Å². The second kappa shape index (κ2) is 10.4. The zero-order valence-electron chi connectivity index (χ0n) is 22.4. The van der Waals surface area contributed by atoms with E-state index in [1.54, 1.807) is 12.1 Å². The number of aromatic nitrogens is 2. The molecule has 218 valence electrons. The van der Waals surface area contributed by atoms with Crippen LogP contribution in [0, 0.1) is 49.7 Å². The van der Waals surface area contributed by atoms with E-state index in [1.165, 1.54) is 26.0 Å². The minimum absolute atomic E-state index is 0.116. The first kappa shape index (κ1) is 29.6. The van der Waals surface area contributed by atoms with E-state index in [9.17, 15) is 36.9 Å². The Hall–Kier alpha value is -5.86.